The fraction of sp³-hybridized carbons (Fsp3) is 0.353. The minimum absolute atomic E-state index is 0.165. The maximum atomic E-state index is 11.8. The predicted molar refractivity (Wildman–Crippen MR) is 94.3 cm³/mol. The third-order valence-corrected chi connectivity index (χ3v) is 5.84. The van der Waals surface area contributed by atoms with Gasteiger partial charge >= 0.3 is 0 Å². The number of rotatable bonds is 5. The van der Waals surface area contributed by atoms with Crippen molar-refractivity contribution in [1.29, 1.82) is 0 Å². The number of nitrogens with zero attached hydrogens (tertiary/aromatic N) is 2. The number of likely N-dealkylation sites (N-methyl/N-ethyl adjacent to an activating group) is 1. The van der Waals surface area contributed by atoms with E-state index in [9.17, 15) is 8.42 Å². The van der Waals surface area contributed by atoms with Gasteiger partial charge in [0, 0.05) is 18.8 Å². The molecule has 0 bridgehead atoms. The molecule has 0 radical (unpaired) electrons. The fourth-order valence-electron chi connectivity index (χ4n) is 3.17. The summed E-state index contributed by atoms with van der Waals surface area (Å²) >= 11 is 0. The van der Waals surface area contributed by atoms with Crippen molar-refractivity contribution in [1.82, 2.24) is 14.6 Å². The van der Waals surface area contributed by atoms with Crippen molar-refractivity contribution in [2.45, 2.75) is 23.4 Å². The van der Waals surface area contributed by atoms with E-state index in [1.54, 1.807) is 12.1 Å². The standard InChI is InChI=1S/C17H22N4O2S/c1-18-24(22,23)14-8-9-16(19-12-14)20-15-10-11-21(2)17(15)13-6-4-3-5-7-13/h3-9,12,15,17-18H,10-11H2,1-2H3,(H,19,20)/t15-,17-/m0/s1. The van der Waals surface area contributed by atoms with E-state index in [4.69, 9.17) is 0 Å². The lowest BCUT2D eigenvalue weighted by Crippen LogP contribution is -2.29. The summed E-state index contributed by atoms with van der Waals surface area (Å²) in [6.45, 7) is 1.00. The average Bonchev–Trinajstić information content (AvgIpc) is 2.96. The van der Waals surface area contributed by atoms with Crippen molar-refractivity contribution < 1.29 is 8.42 Å². The second-order valence-electron chi connectivity index (χ2n) is 5.96. The van der Waals surface area contributed by atoms with Gasteiger partial charge in [0.05, 0.1) is 6.04 Å². The first-order valence-electron chi connectivity index (χ1n) is 7.92. The van der Waals surface area contributed by atoms with E-state index in [0.29, 0.717) is 5.82 Å². The van der Waals surface area contributed by atoms with Crippen LogP contribution in [0.1, 0.15) is 18.0 Å². The molecule has 0 amide bonds. The first kappa shape index (κ1) is 16.9. The van der Waals surface area contributed by atoms with Gasteiger partial charge in [-0.2, -0.15) is 0 Å². The van der Waals surface area contributed by atoms with E-state index in [0.717, 1.165) is 13.0 Å². The Morgan fingerprint density at radius 3 is 2.54 bits per heavy atom. The number of nitrogens with one attached hydrogen (secondary N) is 2. The zero-order valence-electron chi connectivity index (χ0n) is 13.8. The Labute approximate surface area is 143 Å². The molecule has 2 heterocycles. The monoisotopic (exact) mass is 346 g/mol. The molecule has 1 aliphatic rings. The van der Waals surface area contributed by atoms with Gasteiger partial charge < -0.3 is 5.32 Å². The summed E-state index contributed by atoms with van der Waals surface area (Å²) in [6.07, 6.45) is 2.39. The van der Waals surface area contributed by atoms with Crippen molar-refractivity contribution in [3.63, 3.8) is 0 Å². The number of pyridine rings is 1. The maximum absolute atomic E-state index is 11.8. The number of sulfonamides is 1. The van der Waals surface area contributed by atoms with Crippen LogP contribution in [0.25, 0.3) is 0 Å². The highest BCUT2D eigenvalue weighted by atomic mass is 32.2. The minimum Gasteiger partial charge on any atom is -0.365 e. The summed E-state index contributed by atoms with van der Waals surface area (Å²) in [4.78, 5) is 6.75. The third kappa shape index (κ3) is 3.43. The molecule has 0 aliphatic carbocycles. The Hall–Kier alpha value is -1.96. The highest BCUT2D eigenvalue weighted by Crippen LogP contribution is 2.32. The topological polar surface area (TPSA) is 74.3 Å². The molecule has 2 aromatic rings. The molecule has 6 nitrogen and oxygen atoms in total. The molecule has 0 spiro atoms. The maximum Gasteiger partial charge on any atom is 0.241 e. The molecule has 1 aromatic carbocycles. The highest BCUT2D eigenvalue weighted by Gasteiger charge is 2.33. The molecular weight excluding hydrogens is 324 g/mol. The van der Waals surface area contributed by atoms with Crippen LogP contribution >= 0.6 is 0 Å². The van der Waals surface area contributed by atoms with Crippen molar-refractivity contribution in [3.05, 3.63) is 54.2 Å². The molecule has 1 saturated heterocycles. The zero-order valence-corrected chi connectivity index (χ0v) is 14.6. The van der Waals surface area contributed by atoms with Crippen LogP contribution in [-0.2, 0) is 10.0 Å². The van der Waals surface area contributed by atoms with Crippen LogP contribution in [0.15, 0.2) is 53.6 Å². The number of likely N-dealkylation sites (tertiary alicyclic amines) is 1. The zero-order chi connectivity index (χ0) is 17.2. The quantitative estimate of drug-likeness (QED) is 0.864. The van der Waals surface area contributed by atoms with Crippen molar-refractivity contribution in [3.8, 4) is 0 Å². The van der Waals surface area contributed by atoms with E-state index < -0.39 is 10.0 Å². The normalized spacial score (nSPS) is 21.8. The van der Waals surface area contributed by atoms with Crippen molar-refractivity contribution >= 4 is 15.8 Å². The van der Waals surface area contributed by atoms with Gasteiger partial charge in [0.2, 0.25) is 10.0 Å². The second kappa shape index (κ2) is 6.88. The number of benzene rings is 1. The van der Waals surface area contributed by atoms with Crippen molar-refractivity contribution in [2.24, 2.45) is 0 Å². The van der Waals surface area contributed by atoms with Gasteiger partial charge in [-0.25, -0.2) is 18.1 Å². The van der Waals surface area contributed by atoms with Crippen LogP contribution in [0.5, 0.6) is 0 Å². The van der Waals surface area contributed by atoms with Crippen LogP contribution in [-0.4, -0.2) is 45.0 Å². The van der Waals surface area contributed by atoms with Gasteiger partial charge in [-0.15, -0.1) is 0 Å². The fourth-order valence-corrected chi connectivity index (χ4v) is 3.84. The largest absolute Gasteiger partial charge is 0.365 e. The Morgan fingerprint density at radius 2 is 1.92 bits per heavy atom. The average molecular weight is 346 g/mol. The van der Waals surface area contributed by atoms with Gasteiger partial charge in [-0.3, -0.25) is 4.90 Å². The van der Waals surface area contributed by atoms with Crippen LogP contribution in [0.3, 0.4) is 0 Å². The summed E-state index contributed by atoms with van der Waals surface area (Å²) in [5, 5.41) is 3.45. The van der Waals surface area contributed by atoms with Crippen LogP contribution < -0.4 is 10.0 Å². The molecule has 24 heavy (non-hydrogen) atoms. The Balaban J connectivity index is 1.78. The lowest BCUT2D eigenvalue weighted by atomic mass is 10.0. The van der Waals surface area contributed by atoms with Gasteiger partial charge in [0.1, 0.15) is 10.7 Å². The molecule has 0 unspecified atom stereocenters. The predicted octanol–water partition coefficient (Wildman–Crippen LogP) is 1.85. The molecule has 0 saturated carbocycles. The van der Waals surface area contributed by atoms with E-state index in [1.807, 2.05) is 18.2 Å². The first-order chi connectivity index (χ1) is 11.5. The van der Waals surface area contributed by atoms with Gasteiger partial charge in [0.25, 0.3) is 0 Å². The minimum atomic E-state index is -3.45. The number of hydrogen-bond donors (Lipinski definition) is 2. The van der Waals surface area contributed by atoms with Crippen LogP contribution in [0.2, 0.25) is 0 Å². The molecule has 3 rings (SSSR count). The van der Waals surface area contributed by atoms with Crippen molar-refractivity contribution in [2.75, 3.05) is 26.0 Å². The third-order valence-electron chi connectivity index (χ3n) is 4.44. The Morgan fingerprint density at radius 1 is 1.17 bits per heavy atom. The number of hydrogen-bond acceptors (Lipinski definition) is 5. The lowest BCUT2D eigenvalue weighted by Gasteiger charge is -2.26. The summed E-state index contributed by atoms with van der Waals surface area (Å²) in [5.41, 5.74) is 1.27. The van der Waals surface area contributed by atoms with E-state index >= 15 is 0 Å². The molecule has 7 heteroatoms. The molecule has 1 fully saturated rings. The van der Waals surface area contributed by atoms with E-state index in [-0.39, 0.29) is 17.0 Å². The lowest BCUT2D eigenvalue weighted by molar-refractivity contribution is 0.309. The molecule has 128 valence electrons. The molecule has 1 aliphatic heterocycles. The summed E-state index contributed by atoms with van der Waals surface area (Å²) in [6, 6.07) is 14.2. The number of aromatic nitrogens is 1. The van der Waals surface area contributed by atoms with Gasteiger partial charge in [-0.05, 0) is 38.2 Å². The number of anilines is 1. The van der Waals surface area contributed by atoms with E-state index in [1.165, 1.54) is 18.8 Å². The molecule has 2 atom stereocenters. The summed E-state index contributed by atoms with van der Waals surface area (Å²) in [5.74, 6) is 0.686. The Bertz CT molecular complexity index is 778. The summed E-state index contributed by atoms with van der Waals surface area (Å²) < 4.78 is 25.8. The van der Waals surface area contributed by atoms with Gasteiger partial charge in [0.15, 0.2) is 0 Å². The first-order valence-corrected chi connectivity index (χ1v) is 9.41. The SMILES string of the molecule is CNS(=O)(=O)c1ccc(N[C@H]2CCN(C)[C@H]2c2ccccc2)nc1. The summed E-state index contributed by atoms with van der Waals surface area (Å²) in [7, 11) is 0.0564. The van der Waals surface area contributed by atoms with Crippen LogP contribution in [0, 0.1) is 0 Å². The molecule has 2 N–H and O–H groups in total. The van der Waals surface area contributed by atoms with Gasteiger partial charge in [-0.1, -0.05) is 30.3 Å². The second-order valence-corrected chi connectivity index (χ2v) is 7.85. The molecular formula is C17H22N4O2S. The Kier molecular flexibility index (Phi) is 4.84. The highest BCUT2D eigenvalue weighted by molar-refractivity contribution is 7.89. The smallest absolute Gasteiger partial charge is 0.241 e. The molecule has 1 aromatic heterocycles. The van der Waals surface area contributed by atoms with Crippen LogP contribution in [0.4, 0.5) is 5.82 Å². The van der Waals surface area contributed by atoms with E-state index in [2.05, 4.69) is 39.1 Å².